The minimum atomic E-state index is -0.328. The lowest BCUT2D eigenvalue weighted by Crippen LogP contribution is -2.24. The summed E-state index contributed by atoms with van der Waals surface area (Å²) in [5.74, 6) is -0.328. The molecule has 0 aliphatic rings. The first kappa shape index (κ1) is 14.5. The van der Waals surface area contributed by atoms with Crippen LogP contribution in [0.3, 0.4) is 0 Å². The number of aryl methyl sites for hydroxylation is 1. The number of halogens is 2. The predicted molar refractivity (Wildman–Crippen MR) is 80.6 cm³/mol. The highest BCUT2D eigenvalue weighted by atomic mass is 35.5. The molecule has 1 N–H and O–H groups in total. The van der Waals surface area contributed by atoms with Crippen molar-refractivity contribution in [3.63, 3.8) is 0 Å². The SMILES string of the molecule is CCCNC(c1cccc(Cl)c1F)c1sccc1C. The first-order chi connectivity index (χ1) is 9.15. The molecule has 0 bridgehead atoms. The van der Waals surface area contributed by atoms with E-state index in [0.29, 0.717) is 5.56 Å². The lowest BCUT2D eigenvalue weighted by Gasteiger charge is -2.20. The maximum Gasteiger partial charge on any atom is 0.146 e. The molecule has 19 heavy (non-hydrogen) atoms. The molecule has 2 rings (SSSR count). The molecule has 1 aromatic heterocycles. The highest BCUT2D eigenvalue weighted by molar-refractivity contribution is 7.10. The summed E-state index contributed by atoms with van der Waals surface area (Å²) in [6.45, 7) is 4.99. The Morgan fingerprint density at radius 1 is 1.37 bits per heavy atom. The van der Waals surface area contributed by atoms with Crippen molar-refractivity contribution in [1.82, 2.24) is 5.32 Å². The monoisotopic (exact) mass is 297 g/mol. The largest absolute Gasteiger partial charge is 0.305 e. The Morgan fingerprint density at radius 2 is 2.16 bits per heavy atom. The topological polar surface area (TPSA) is 12.0 Å². The van der Waals surface area contributed by atoms with Gasteiger partial charge in [-0.2, -0.15) is 0 Å². The van der Waals surface area contributed by atoms with E-state index in [9.17, 15) is 4.39 Å². The first-order valence-corrected chi connectivity index (χ1v) is 7.62. The Kier molecular flexibility index (Phi) is 4.97. The van der Waals surface area contributed by atoms with Crippen molar-refractivity contribution < 1.29 is 4.39 Å². The molecular formula is C15H17ClFNS. The minimum absolute atomic E-state index is 0.126. The predicted octanol–water partition coefficient (Wildman–Crippen LogP) is 4.94. The van der Waals surface area contributed by atoms with Crippen LogP contribution in [0.4, 0.5) is 4.39 Å². The Bertz CT molecular complexity index is 553. The van der Waals surface area contributed by atoms with Crippen LogP contribution in [0.5, 0.6) is 0 Å². The molecule has 0 saturated heterocycles. The van der Waals surface area contributed by atoms with E-state index in [2.05, 4.69) is 25.2 Å². The van der Waals surface area contributed by atoms with Gasteiger partial charge in [-0.1, -0.05) is 30.7 Å². The van der Waals surface area contributed by atoms with E-state index >= 15 is 0 Å². The van der Waals surface area contributed by atoms with E-state index in [0.717, 1.165) is 17.8 Å². The van der Waals surface area contributed by atoms with Gasteiger partial charge in [-0.15, -0.1) is 11.3 Å². The average molecular weight is 298 g/mol. The standard InChI is InChI=1S/C15H17ClFNS/c1-3-8-18-14(15-10(2)7-9-19-15)11-5-4-6-12(16)13(11)17/h4-7,9,14,18H,3,8H2,1-2H3. The van der Waals surface area contributed by atoms with Gasteiger partial charge in [0, 0.05) is 10.4 Å². The molecule has 1 heterocycles. The van der Waals surface area contributed by atoms with Crippen molar-refractivity contribution in [3.05, 3.63) is 56.5 Å². The van der Waals surface area contributed by atoms with Crippen molar-refractivity contribution in [3.8, 4) is 0 Å². The van der Waals surface area contributed by atoms with Gasteiger partial charge in [-0.25, -0.2) is 4.39 Å². The van der Waals surface area contributed by atoms with E-state index < -0.39 is 0 Å². The minimum Gasteiger partial charge on any atom is -0.305 e. The number of hydrogen-bond acceptors (Lipinski definition) is 2. The van der Waals surface area contributed by atoms with E-state index in [1.54, 1.807) is 29.5 Å². The fourth-order valence-electron chi connectivity index (χ4n) is 2.06. The Labute approximate surface area is 122 Å². The quantitative estimate of drug-likeness (QED) is 0.824. The third kappa shape index (κ3) is 3.16. The van der Waals surface area contributed by atoms with Crippen LogP contribution in [-0.4, -0.2) is 6.54 Å². The number of thiophene rings is 1. The van der Waals surface area contributed by atoms with Crippen molar-refractivity contribution in [2.45, 2.75) is 26.3 Å². The highest BCUT2D eigenvalue weighted by Gasteiger charge is 2.21. The molecule has 0 radical (unpaired) electrons. The number of rotatable bonds is 5. The summed E-state index contributed by atoms with van der Waals surface area (Å²) in [6, 6.07) is 7.11. The van der Waals surface area contributed by atoms with Crippen LogP contribution >= 0.6 is 22.9 Å². The lowest BCUT2D eigenvalue weighted by molar-refractivity contribution is 0.550. The summed E-state index contributed by atoms with van der Waals surface area (Å²) in [7, 11) is 0. The van der Waals surface area contributed by atoms with Crippen LogP contribution in [0.15, 0.2) is 29.6 Å². The zero-order valence-electron chi connectivity index (χ0n) is 11.0. The number of nitrogens with one attached hydrogen (secondary N) is 1. The van der Waals surface area contributed by atoms with Crippen LogP contribution in [0.2, 0.25) is 5.02 Å². The van der Waals surface area contributed by atoms with Crippen LogP contribution < -0.4 is 5.32 Å². The number of hydrogen-bond donors (Lipinski definition) is 1. The molecule has 0 spiro atoms. The van der Waals surface area contributed by atoms with Gasteiger partial charge < -0.3 is 5.32 Å². The van der Waals surface area contributed by atoms with E-state index in [4.69, 9.17) is 11.6 Å². The Balaban J connectivity index is 2.43. The zero-order chi connectivity index (χ0) is 13.8. The van der Waals surface area contributed by atoms with Gasteiger partial charge in [0.15, 0.2) is 0 Å². The molecule has 1 atom stereocenters. The molecule has 1 nitrogen and oxygen atoms in total. The highest BCUT2D eigenvalue weighted by Crippen LogP contribution is 2.32. The van der Waals surface area contributed by atoms with Crippen LogP contribution in [0, 0.1) is 12.7 Å². The number of benzene rings is 1. The van der Waals surface area contributed by atoms with Gasteiger partial charge in [-0.3, -0.25) is 0 Å². The van der Waals surface area contributed by atoms with Crippen molar-refractivity contribution in [2.24, 2.45) is 0 Å². The molecule has 4 heteroatoms. The third-order valence-electron chi connectivity index (χ3n) is 3.05. The molecule has 0 aliphatic heterocycles. The molecule has 1 unspecified atom stereocenters. The second kappa shape index (κ2) is 6.51. The maximum atomic E-state index is 14.2. The van der Waals surface area contributed by atoms with E-state index in [1.807, 2.05) is 5.38 Å². The summed E-state index contributed by atoms with van der Waals surface area (Å²) in [5.41, 5.74) is 1.80. The second-order valence-corrected chi connectivity index (χ2v) is 5.85. The third-order valence-corrected chi connectivity index (χ3v) is 4.43. The molecular weight excluding hydrogens is 281 g/mol. The van der Waals surface area contributed by atoms with E-state index in [-0.39, 0.29) is 16.9 Å². The molecule has 0 fully saturated rings. The summed E-state index contributed by atoms with van der Waals surface area (Å²) in [5, 5.41) is 5.62. The zero-order valence-corrected chi connectivity index (χ0v) is 12.6. The summed E-state index contributed by atoms with van der Waals surface area (Å²) in [4.78, 5) is 1.15. The average Bonchev–Trinajstić information content (AvgIpc) is 2.81. The summed E-state index contributed by atoms with van der Waals surface area (Å²) >= 11 is 7.54. The van der Waals surface area contributed by atoms with Gasteiger partial charge in [0.25, 0.3) is 0 Å². The van der Waals surface area contributed by atoms with Gasteiger partial charge >= 0.3 is 0 Å². The Morgan fingerprint density at radius 3 is 2.79 bits per heavy atom. The molecule has 0 saturated carbocycles. The first-order valence-electron chi connectivity index (χ1n) is 6.36. The molecule has 0 amide bonds. The summed E-state index contributed by atoms with van der Waals surface area (Å²) < 4.78 is 14.2. The molecule has 1 aromatic carbocycles. The van der Waals surface area contributed by atoms with Crippen LogP contribution in [-0.2, 0) is 0 Å². The van der Waals surface area contributed by atoms with Crippen molar-refractivity contribution >= 4 is 22.9 Å². The van der Waals surface area contributed by atoms with Crippen molar-refractivity contribution in [2.75, 3.05) is 6.54 Å². The fraction of sp³-hybridized carbons (Fsp3) is 0.333. The lowest BCUT2D eigenvalue weighted by atomic mass is 10.0. The van der Waals surface area contributed by atoms with E-state index in [1.165, 1.54) is 5.56 Å². The molecule has 2 aromatic rings. The van der Waals surface area contributed by atoms with Crippen LogP contribution in [0.1, 0.15) is 35.4 Å². The van der Waals surface area contributed by atoms with Gasteiger partial charge in [0.05, 0.1) is 11.1 Å². The normalized spacial score (nSPS) is 12.6. The van der Waals surface area contributed by atoms with Gasteiger partial charge in [-0.05, 0) is 43.0 Å². The van der Waals surface area contributed by atoms with Crippen LogP contribution in [0.25, 0.3) is 0 Å². The molecule has 102 valence electrons. The maximum absolute atomic E-state index is 14.2. The smallest absolute Gasteiger partial charge is 0.146 e. The fourth-order valence-corrected chi connectivity index (χ4v) is 3.26. The van der Waals surface area contributed by atoms with Gasteiger partial charge in [0.2, 0.25) is 0 Å². The summed E-state index contributed by atoms with van der Waals surface area (Å²) in [6.07, 6.45) is 1.00. The van der Waals surface area contributed by atoms with Crippen molar-refractivity contribution in [1.29, 1.82) is 0 Å². The second-order valence-electron chi connectivity index (χ2n) is 4.50. The van der Waals surface area contributed by atoms with Gasteiger partial charge in [0.1, 0.15) is 5.82 Å². The molecule has 0 aliphatic carbocycles. The Hall–Kier alpha value is -0.900.